The van der Waals surface area contributed by atoms with E-state index in [4.69, 9.17) is 16.2 Å². The molecule has 0 spiro atoms. The Morgan fingerprint density at radius 1 is 1.16 bits per heavy atom. The van der Waals surface area contributed by atoms with Crippen LogP contribution in [0.25, 0.3) is 0 Å². The second kappa shape index (κ2) is 6.65. The second-order valence-corrected chi connectivity index (χ2v) is 6.78. The number of aryl methyl sites for hydroxylation is 1. The van der Waals surface area contributed by atoms with Crippen molar-refractivity contribution in [3.8, 4) is 0 Å². The standard InChI is InChI=1S/C12H9ClF6O5S/c1-6-2-3-7(8(13)4-6)9(20)24-10(11(14,15)16,12(17,18)19)5-25(21,22)23/h2-4H,5H2,1H3,(H,21,22,23). The Labute approximate surface area is 142 Å². The van der Waals surface area contributed by atoms with Crippen LogP contribution in [0, 0.1) is 6.92 Å². The maximum absolute atomic E-state index is 13.0. The highest BCUT2D eigenvalue weighted by molar-refractivity contribution is 7.85. The summed E-state index contributed by atoms with van der Waals surface area (Å²) >= 11 is 5.58. The molecule has 0 radical (unpaired) electrons. The maximum atomic E-state index is 13.0. The third-order valence-electron chi connectivity index (χ3n) is 2.91. The van der Waals surface area contributed by atoms with E-state index in [0.717, 1.165) is 18.2 Å². The number of hydrogen-bond donors (Lipinski definition) is 1. The van der Waals surface area contributed by atoms with Crippen molar-refractivity contribution < 1.29 is 48.8 Å². The third kappa shape index (κ3) is 4.76. The molecule has 25 heavy (non-hydrogen) atoms. The molecule has 0 amide bonds. The summed E-state index contributed by atoms with van der Waals surface area (Å²) in [4.78, 5) is 11.8. The van der Waals surface area contributed by atoms with Crippen molar-refractivity contribution in [2.24, 2.45) is 0 Å². The van der Waals surface area contributed by atoms with Gasteiger partial charge in [0.05, 0.1) is 10.6 Å². The highest BCUT2D eigenvalue weighted by atomic mass is 35.5. The van der Waals surface area contributed by atoms with Crippen molar-refractivity contribution in [2.75, 3.05) is 5.75 Å². The summed E-state index contributed by atoms with van der Waals surface area (Å²) in [6.07, 6.45) is -12.8. The summed E-state index contributed by atoms with van der Waals surface area (Å²) in [6, 6.07) is 3.04. The van der Waals surface area contributed by atoms with E-state index < -0.39 is 50.4 Å². The molecule has 1 aromatic rings. The van der Waals surface area contributed by atoms with E-state index in [2.05, 4.69) is 4.74 Å². The number of esters is 1. The van der Waals surface area contributed by atoms with E-state index in [1.54, 1.807) is 0 Å². The molecular formula is C12H9ClF6O5S. The summed E-state index contributed by atoms with van der Waals surface area (Å²) in [6.45, 7) is 1.48. The van der Waals surface area contributed by atoms with Gasteiger partial charge in [0, 0.05) is 0 Å². The molecule has 0 saturated heterocycles. The number of hydrogen-bond acceptors (Lipinski definition) is 4. The van der Waals surface area contributed by atoms with E-state index in [9.17, 15) is 39.6 Å². The molecule has 0 heterocycles. The lowest BCUT2D eigenvalue weighted by Crippen LogP contribution is -2.63. The first-order valence-electron chi connectivity index (χ1n) is 6.08. The van der Waals surface area contributed by atoms with Crippen LogP contribution in [0.4, 0.5) is 26.3 Å². The summed E-state index contributed by atoms with van der Waals surface area (Å²) in [5.41, 5.74) is -5.88. The van der Waals surface area contributed by atoms with Crippen LogP contribution in [-0.2, 0) is 14.9 Å². The predicted molar refractivity (Wildman–Crippen MR) is 72.9 cm³/mol. The molecule has 0 aliphatic carbocycles. The molecular weight excluding hydrogens is 406 g/mol. The minimum Gasteiger partial charge on any atom is -0.435 e. The van der Waals surface area contributed by atoms with Crippen molar-refractivity contribution >= 4 is 27.7 Å². The molecule has 0 aliphatic heterocycles. The van der Waals surface area contributed by atoms with Crippen molar-refractivity contribution in [3.05, 3.63) is 34.3 Å². The average molecular weight is 415 g/mol. The van der Waals surface area contributed by atoms with Gasteiger partial charge < -0.3 is 4.74 Å². The van der Waals surface area contributed by atoms with Crippen LogP contribution in [0.5, 0.6) is 0 Å². The zero-order valence-corrected chi connectivity index (χ0v) is 13.6. The van der Waals surface area contributed by atoms with Gasteiger partial charge in [0.1, 0.15) is 5.75 Å². The molecule has 1 rings (SSSR count). The van der Waals surface area contributed by atoms with E-state index in [1.165, 1.54) is 6.92 Å². The Bertz CT molecular complexity index is 757. The van der Waals surface area contributed by atoms with Crippen molar-refractivity contribution in [2.45, 2.75) is 24.9 Å². The molecule has 13 heteroatoms. The minimum absolute atomic E-state index is 0.442. The Morgan fingerprint density at radius 2 is 1.64 bits per heavy atom. The van der Waals surface area contributed by atoms with E-state index in [-0.39, 0.29) is 0 Å². The topological polar surface area (TPSA) is 80.7 Å². The number of benzene rings is 1. The van der Waals surface area contributed by atoms with Gasteiger partial charge in [-0.3, -0.25) is 4.55 Å². The van der Waals surface area contributed by atoms with Crippen LogP contribution in [0.3, 0.4) is 0 Å². The fourth-order valence-corrected chi connectivity index (χ4v) is 2.94. The van der Waals surface area contributed by atoms with Gasteiger partial charge in [0.15, 0.2) is 0 Å². The van der Waals surface area contributed by atoms with Crippen LogP contribution in [-0.4, -0.2) is 42.6 Å². The monoisotopic (exact) mass is 414 g/mol. The van der Waals surface area contributed by atoms with Gasteiger partial charge in [0.2, 0.25) is 0 Å². The number of rotatable bonds is 4. The largest absolute Gasteiger partial charge is 0.438 e. The smallest absolute Gasteiger partial charge is 0.435 e. The van der Waals surface area contributed by atoms with Crippen molar-refractivity contribution in [1.29, 1.82) is 0 Å². The number of ether oxygens (including phenoxy) is 1. The molecule has 5 nitrogen and oxygen atoms in total. The molecule has 0 unspecified atom stereocenters. The molecule has 1 aromatic carbocycles. The fourth-order valence-electron chi connectivity index (χ4n) is 1.73. The lowest BCUT2D eigenvalue weighted by Gasteiger charge is -2.35. The zero-order chi connectivity index (χ0) is 19.8. The Kier molecular flexibility index (Phi) is 5.72. The lowest BCUT2D eigenvalue weighted by molar-refractivity contribution is -0.356. The molecule has 0 aliphatic rings. The van der Waals surface area contributed by atoms with Crippen LogP contribution >= 0.6 is 11.6 Å². The van der Waals surface area contributed by atoms with E-state index in [0.29, 0.717) is 5.56 Å². The normalized spacial score (nSPS) is 13.6. The summed E-state index contributed by atoms with van der Waals surface area (Å²) in [5, 5.41) is -0.505. The Balaban J connectivity index is 3.50. The number of alkyl halides is 6. The molecule has 142 valence electrons. The van der Waals surface area contributed by atoms with Gasteiger partial charge in [0.25, 0.3) is 10.1 Å². The number of carbonyl (C=O) groups excluding carboxylic acids is 1. The van der Waals surface area contributed by atoms with Gasteiger partial charge in [-0.05, 0) is 24.6 Å². The average Bonchev–Trinajstić information content (AvgIpc) is 2.33. The highest BCUT2D eigenvalue weighted by Crippen LogP contribution is 2.47. The maximum Gasteiger partial charge on any atom is 0.438 e. The summed E-state index contributed by atoms with van der Waals surface area (Å²) in [5.74, 6) is -5.12. The lowest BCUT2D eigenvalue weighted by atomic mass is 10.0. The molecule has 0 aromatic heterocycles. The van der Waals surface area contributed by atoms with Crippen molar-refractivity contribution in [3.63, 3.8) is 0 Å². The minimum atomic E-state index is -6.39. The van der Waals surface area contributed by atoms with Crippen LogP contribution in [0.2, 0.25) is 5.02 Å². The second-order valence-electron chi connectivity index (χ2n) is 4.92. The highest BCUT2D eigenvalue weighted by Gasteiger charge is 2.76. The summed E-state index contributed by atoms with van der Waals surface area (Å²) < 4.78 is 112. The summed E-state index contributed by atoms with van der Waals surface area (Å²) in [7, 11) is -5.84. The Morgan fingerprint density at radius 3 is 2.00 bits per heavy atom. The quantitative estimate of drug-likeness (QED) is 0.463. The molecule has 0 saturated carbocycles. The number of carbonyl (C=O) groups is 1. The van der Waals surface area contributed by atoms with Gasteiger partial charge in [-0.25, -0.2) is 4.79 Å². The van der Waals surface area contributed by atoms with Crippen molar-refractivity contribution in [1.82, 2.24) is 0 Å². The Hall–Kier alpha value is -1.53. The SMILES string of the molecule is Cc1ccc(C(=O)OC(CS(=O)(=O)O)(C(F)(F)F)C(F)(F)F)c(Cl)c1. The van der Waals surface area contributed by atoms with Crippen LogP contribution < -0.4 is 0 Å². The third-order valence-corrected chi connectivity index (χ3v) is 4.00. The zero-order valence-electron chi connectivity index (χ0n) is 12.1. The van der Waals surface area contributed by atoms with Crippen LogP contribution in [0.15, 0.2) is 18.2 Å². The molecule has 1 N–H and O–H groups in total. The first-order valence-corrected chi connectivity index (χ1v) is 8.07. The fraction of sp³-hybridized carbons (Fsp3) is 0.417. The first kappa shape index (κ1) is 21.5. The molecule has 0 fully saturated rings. The van der Waals surface area contributed by atoms with Gasteiger partial charge in [-0.15, -0.1) is 0 Å². The molecule has 0 bridgehead atoms. The van der Waals surface area contributed by atoms with E-state index in [1.807, 2.05) is 0 Å². The predicted octanol–water partition coefficient (Wildman–Crippen LogP) is 3.56. The van der Waals surface area contributed by atoms with Gasteiger partial charge in [-0.2, -0.15) is 34.8 Å². The van der Waals surface area contributed by atoms with Gasteiger partial charge >= 0.3 is 23.9 Å². The van der Waals surface area contributed by atoms with Gasteiger partial charge in [-0.1, -0.05) is 17.7 Å². The first-order chi connectivity index (χ1) is 11.0. The number of halogens is 7. The molecule has 0 atom stereocenters. The van der Waals surface area contributed by atoms with E-state index >= 15 is 0 Å². The van der Waals surface area contributed by atoms with Crippen LogP contribution in [0.1, 0.15) is 15.9 Å².